The fourth-order valence-electron chi connectivity index (χ4n) is 1.70. The molecule has 50 valence electrons. The van der Waals surface area contributed by atoms with Gasteiger partial charge in [0.05, 0.1) is 6.07 Å². The lowest BCUT2D eigenvalue weighted by atomic mass is 9.95. The lowest BCUT2D eigenvalue weighted by molar-refractivity contribution is 0.453. The smallest absolute Gasteiger partial charge is 0.0658 e. The maximum Gasteiger partial charge on any atom is 0.0658 e. The van der Waals surface area contributed by atoms with Crippen molar-refractivity contribution in [1.82, 2.24) is 0 Å². The average molecular weight is 123 g/mol. The Morgan fingerprint density at radius 2 is 2.33 bits per heavy atom. The largest absolute Gasteiger partial charge is 0.198 e. The summed E-state index contributed by atoms with van der Waals surface area (Å²) < 4.78 is 0. The Kier molecular flexibility index (Phi) is 2.10. The summed E-state index contributed by atoms with van der Waals surface area (Å²) in [5, 5.41) is 8.62. The van der Waals surface area contributed by atoms with Crippen molar-refractivity contribution in [2.24, 2.45) is 11.8 Å². The molecule has 1 nitrogen and oxygen atoms in total. The maximum absolute atomic E-state index is 8.62. The van der Waals surface area contributed by atoms with Gasteiger partial charge in [0.1, 0.15) is 0 Å². The quantitative estimate of drug-likeness (QED) is 0.525. The first-order chi connectivity index (χ1) is 4.38. The monoisotopic (exact) mass is 123 g/mol. The predicted octanol–water partition coefficient (Wildman–Crippen LogP) is 2.34. The van der Waals surface area contributed by atoms with Crippen LogP contribution in [0.1, 0.15) is 32.6 Å². The van der Waals surface area contributed by atoms with Gasteiger partial charge in [-0.25, -0.2) is 0 Å². The number of rotatable bonds is 1. The van der Waals surface area contributed by atoms with Crippen LogP contribution in [0.5, 0.6) is 0 Å². The van der Waals surface area contributed by atoms with E-state index in [1.54, 1.807) is 0 Å². The summed E-state index contributed by atoms with van der Waals surface area (Å²) >= 11 is 0. The highest BCUT2D eigenvalue weighted by Crippen LogP contribution is 2.32. The zero-order valence-electron chi connectivity index (χ0n) is 5.93. The van der Waals surface area contributed by atoms with Gasteiger partial charge in [-0.1, -0.05) is 19.8 Å². The minimum atomic E-state index is 0.384. The van der Waals surface area contributed by atoms with Crippen LogP contribution in [0.25, 0.3) is 0 Å². The van der Waals surface area contributed by atoms with Crippen molar-refractivity contribution in [3.05, 3.63) is 0 Å². The van der Waals surface area contributed by atoms with Crippen LogP contribution in [0.2, 0.25) is 0 Å². The first-order valence-electron chi connectivity index (χ1n) is 3.78. The van der Waals surface area contributed by atoms with E-state index < -0.39 is 0 Å². The lowest BCUT2D eigenvalue weighted by Gasteiger charge is -2.07. The van der Waals surface area contributed by atoms with E-state index in [4.69, 9.17) is 5.26 Å². The number of hydrogen-bond donors (Lipinski definition) is 0. The second kappa shape index (κ2) is 2.87. The van der Waals surface area contributed by atoms with E-state index in [9.17, 15) is 0 Å². The molecule has 0 spiro atoms. The number of nitrogens with zero attached hydrogens (tertiary/aromatic N) is 1. The normalized spacial score (nSPS) is 34.2. The number of nitriles is 1. The minimum Gasteiger partial charge on any atom is -0.198 e. The summed E-state index contributed by atoms with van der Waals surface area (Å²) in [5.74, 6) is 1.10. The van der Waals surface area contributed by atoms with Crippen LogP contribution in [0, 0.1) is 23.2 Å². The molecule has 0 radical (unpaired) electrons. The van der Waals surface area contributed by atoms with Crippen molar-refractivity contribution in [1.29, 1.82) is 5.26 Å². The fraction of sp³-hybridized carbons (Fsp3) is 0.875. The lowest BCUT2D eigenvalue weighted by Crippen LogP contribution is -2.02. The molecule has 0 heterocycles. The summed E-state index contributed by atoms with van der Waals surface area (Å²) in [4.78, 5) is 0. The Hall–Kier alpha value is -0.510. The molecule has 1 saturated carbocycles. The van der Waals surface area contributed by atoms with Crippen LogP contribution in [-0.4, -0.2) is 0 Å². The second-order valence-corrected chi connectivity index (χ2v) is 2.83. The van der Waals surface area contributed by atoms with E-state index in [2.05, 4.69) is 13.0 Å². The highest BCUT2D eigenvalue weighted by molar-refractivity contribution is 4.91. The van der Waals surface area contributed by atoms with Crippen molar-refractivity contribution in [2.75, 3.05) is 0 Å². The van der Waals surface area contributed by atoms with E-state index in [1.807, 2.05) is 0 Å². The molecule has 0 aromatic carbocycles. The van der Waals surface area contributed by atoms with Crippen LogP contribution < -0.4 is 0 Å². The van der Waals surface area contributed by atoms with E-state index >= 15 is 0 Å². The third-order valence-corrected chi connectivity index (χ3v) is 2.35. The molecule has 0 amide bonds. The molecule has 1 fully saturated rings. The molecule has 1 aliphatic rings. The molecule has 0 aromatic heterocycles. The van der Waals surface area contributed by atoms with Gasteiger partial charge >= 0.3 is 0 Å². The second-order valence-electron chi connectivity index (χ2n) is 2.83. The van der Waals surface area contributed by atoms with E-state index in [-0.39, 0.29) is 0 Å². The summed E-state index contributed by atoms with van der Waals surface area (Å²) in [6.07, 6.45) is 4.90. The van der Waals surface area contributed by atoms with Crippen molar-refractivity contribution >= 4 is 0 Å². The van der Waals surface area contributed by atoms with E-state index in [0.717, 1.165) is 12.3 Å². The Bertz CT molecular complexity index is 123. The Labute approximate surface area is 56.7 Å². The third-order valence-electron chi connectivity index (χ3n) is 2.35. The standard InChI is InChI=1S/C8H13N/c1-2-7-4-3-5-8(7)6-9/h7-8H,2-5H2,1H3/t7-,8+/m0/s1. The molecular weight excluding hydrogens is 110 g/mol. The van der Waals surface area contributed by atoms with Crippen molar-refractivity contribution < 1.29 is 0 Å². The van der Waals surface area contributed by atoms with Crippen molar-refractivity contribution in [2.45, 2.75) is 32.6 Å². The molecule has 1 rings (SSSR count). The van der Waals surface area contributed by atoms with Gasteiger partial charge in [-0.2, -0.15) is 5.26 Å². The van der Waals surface area contributed by atoms with Crippen LogP contribution >= 0.6 is 0 Å². The van der Waals surface area contributed by atoms with Crippen molar-refractivity contribution in [3.63, 3.8) is 0 Å². The van der Waals surface area contributed by atoms with Crippen LogP contribution in [0.4, 0.5) is 0 Å². The molecule has 0 aliphatic heterocycles. The first kappa shape index (κ1) is 6.61. The highest BCUT2D eigenvalue weighted by atomic mass is 14.3. The van der Waals surface area contributed by atoms with Crippen LogP contribution in [-0.2, 0) is 0 Å². The fourth-order valence-corrected chi connectivity index (χ4v) is 1.70. The van der Waals surface area contributed by atoms with Gasteiger partial charge in [0.25, 0.3) is 0 Å². The van der Waals surface area contributed by atoms with Gasteiger partial charge < -0.3 is 0 Å². The average Bonchev–Trinajstić information content (AvgIpc) is 2.33. The third kappa shape index (κ3) is 1.24. The molecule has 1 heteroatoms. The van der Waals surface area contributed by atoms with Crippen LogP contribution in [0.3, 0.4) is 0 Å². The summed E-state index contributed by atoms with van der Waals surface area (Å²) in [7, 11) is 0. The van der Waals surface area contributed by atoms with Gasteiger partial charge in [0.2, 0.25) is 0 Å². The Balaban J connectivity index is 2.44. The summed E-state index contributed by atoms with van der Waals surface area (Å²) in [6.45, 7) is 2.18. The highest BCUT2D eigenvalue weighted by Gasteiger charge is 2.24. The maximum atomic E-state index is 8.62. The van der Waals surface area contributed by atoms with Gasteiger partial charge in [-0.3, -0.25) is 0 Å². The van der Waals surface area contributed by atoms with Gasteiger partial charge in [-0.15, -0.1) is 0 Å². The van der Waals surface area contributed by atoms with Gasteiger partial charge in [-0.05, 0) is 18.8 Å². The SMILES string of the molecule is CC[C@H]1CCC[C@@H]1C#N. The van der Waals surface area contributed by atoms with Crippen molar-refractivity contribution in [3.8, 4) is 6.07 Å². The van der Waals surface area contributed by atoms with Gasteiger partial charge in [0, 0.05) is 5.92 Å². The zero-order valence-corrected chi connectivity index (χ0v) is 5.93. The molecule has 0 bridgehead atoms. The van der Waals surface area contributed by atoms with E-state index in [0.29, 0.717) is 5.92 Å². The first-order valence-corrected chi connectivity index (χ1v) is 3.78. The molecule has 2 atom stereocenters. The number of hydrogen-bond acceptors (Lipinski definition) is 1. The Morgan fingerprint density at radius 3 is 2.78 bits per heavy atom. The minimum absolute atomic E-state index is 0.384. The molecule has 0 N–H and O–H groups in total. The molecule has 0 saturated heterocycles. The predicted molar refractivity (Wildman–Crippen MR) is 36.7 cm³/mol. The molecule has 1 aliphatic carbocycles. The molecule has 0 aromatic rings. The van der Waals surface area contributed by atoms with E-state index in [1.165, 1.54) is 19.3 Å². The topological polar surface area (TPSA) is 23.8 Å². The van der Waals surface area contributed by atoms with Gasteiger partial charge in [0.15, 0.2) is 0 Å². The van der Waals surface area contributed by atoms with Crippen LogP contribution in [0.15, 0.2) is 0 Å². The summed E-state index contributed by atoms with van der Waals surface area (Å²) in [5.41, 5.74) is 0. The summed E-state index contributed by atoms with van der Waals surface area (Å²) in [6, 6.07) is 2.36. The molecule has 0 unspecified atom stereocenters. The molecule has 9 heavy (non-hydrogen) atoms. The Morgan fingerprint density at radius 1 is 1.56 bits per heavy atom. The molecular formula is C8H13N. The zero-order chi connectivity index (χ0) is 6.69.